The highest BCUT2D eigenvalue weighted by Crippen LogP contribution is 2.32. The fourth-order valence-corrected chi connectivity index (χ4v) is 5.32. The van der Waals surface area contributed by atoms with Gasteiger partial charge in [-0.15, -0.1) is 0 Å². The van der Waals surface area contributed by atoms with Crippen molar-refractivity contribution in [3.63, 3.8) is 0 Å². The van der Waals surface area contributed by atoms with Gasteiger partial charge in [-0.05, 0) is 49.9 Å². The number of nitro groups is 1. The molecule has 1 aliphatic carbocycles. The minimum Gasteiger partial charge on any atom is -0.336 e. The van der Waals surface area contributed by atoms with E-state index in [0.717, 1.165) is 49.8 Å². The fourth-order valence-electron chi connectivity index (χ4n) is 5.32. The minimum atomic E-state index is -0.462. The molecule has 1 amide bonds. The van der Waals surface area contributed by atoms with Crippen molar-refractivity contribution in [1.29, 1.82) is 0 Å². The number of piperazine rings is 1. The lowest BCUT2D eigenvalue weighted by Gasteiger charge is -2.42. The molecule has 0 atom stereocenters. The van der Waals surface area contributed by atoms with Crippen LogP contribution in [0, 0.1) is 10.1 Å². The van der Waals surface area contributed by atoms with Crippen LogP contribution in [0.4, 0.5) is 5.69 Å². The molecule has 1 saturated heterocycles. The van der Waals surface area contributed by atoms with Crippen molar-refractivity contribution in [3.8, 4) is 0 Å². The number of imidazole rings is 1. The minimum absolute atomic E-state index is 0.0122. The molecule has 1 saturated carbocycles. The standard InChI is InChI=1S/C24H27N5O4/c30-23(17-5-7-20(8-6-17)29(32)33)27-15-13-26(14-16-27)18-9-11-19(12-10-18)28-22-4-2-1-3-21(22)25-24(28)31/h1-8,18-19H,9-16H2,(H,25,31)/t18-,19-. The van der Waals surface area contributed by atoms with Gasteiger partial charge in [-0.2, -0.15) is 0 Å². The van der Waals surface area contributed by atoms with E-state index in [-0.39, 0.29) is 23.3 Å². The summed E-state index contributed by atoms with van der Waals surface area (Å²) in [5, 5.41) is 10.8. The van der Waals surface area contributed by atoms with Crippen LogP contribution in [0.25, 0.3) is 11.0 Å². The SMILES string of the molecule is O=C(c1ccc([N+](=O)[O-])cc1)N1CCN([C@H]2CC[C@H](n3c(=O)[nH]c4ccccc43)CC2)CC1. The summed E-state index contributed by atoms with van der Waals surface area (Å²) in [7, 11) is 0. The molecule has 5 rings (SSSR count). The molecule has 1 aromatic heterocycles. The number of rotatable bonds is 4. The molecule has 2 aromatic carbocycles. The molecule has 0 unspecified atom stereocenters. The van der Waals surface area contributed by atoms with Crippen molar-refractivity contribution in [2.24, 2.45) is 0 Å². The molecule has 2 heterocycles. The number of hydrogen-bond acceptors (Lipinski definition) is 5. The van der Waals surface area contributed by atoms with Crippen LogP contribution in [-0.4, -0.2) is 62.4 Å². The predicted molar refractivity (Wildman–Crippen MR) is 124 cm³/mol. The highest BCUT2D eigenvalue weighted by Gasteiger charge is 2.31. The van der Waals surface area contributed by atoms with Crippen LogP contribution in [0.15, 0.2) is 53.3 Å². The first-order valence-corrected chi connectivity index (χ1v) is 11.5. The van der Waals surface area contributed by atoms with Gasteiger partial charge in [-0.25, -0.2) is 4.79 Å². The van der Waals surface area contributed by atoms with Crippen molar-refractivity contribution in [3.05, 3.63) is 74.7 Å². The summed E-state index contributed by atoms with van der Waals surface area (Å²) < 4.78 is 1.92. The van der Waals surface area contributed by atoms with Crippen LogP contribution in [0.5, 0.6) is 0 Å². The molecule has 1 N–H and O–H groups in total. The molecule has 1 aliphatic heterocycles. The van der Waals surface area contributed by atoms with Gasteiger partial charge in [0, 0.05) is 56.0 Å². The second-order valence-electron chi connectivity index (χ2n) is 8.91. The molecule has 2 fully saturated rings. The Morgan fingerprint density at radius 3 is 2.21 bits per heavy atom. The number of aromatic amines is 1. The van der Waals surface area contributed by atoms with Gasteiger partial charge in [-0.3, -0.25) is 24.4 Å². The molecule has 3 aromatic rings. The molecule has 9 nitrogen and oxygen atoms in total. The Labute approximate surface area is 190 Å². The first-order chi connectivity index (χ1) is 16.0. The smallest absolute Gasteiger partial charge is 0.326 e. The van der Waals surface area contributed by atoms with Crippen LogP contribution in [0.3, 0.4) is 0 Å². The Morgan fingerprint density at radius 2 is 1.55 bits per heavy atom. The molecule has 0 radical (unpaired) electrons. The quantitative estimate of drug-likeness (QED) is 0.487. The zero-order valence-corrected chi connectivity index (χ0v) is 18.4. The van der Waals surface area contributed by atoms with E-state index < -0.39 is 4.92 Å². The molecule has 0 bridgehead atoms. The maximum Gasteiger partial charge on any atom is 0.326 e. The van der Waals surface area contributed by atoms with Crippen molar-refractivity contribution >= 4 is 22.6 Å². The van der Waals surface area contributed by atoms with Crippen molar-refractivity contribution in [2.45, 2.75) is 37.8 Å². The number of nitrogens with one attached hydrogen (secondary N) is 1. The summed E-state index contributed by atoms with van der Waals surface area (Å²) in [5.74, 6) is -0.0769. The number of non-ortho nitro benzene ring substituents is 1. The number of fused-ring (bicyclic) bond motifs is 1. The van der Waals surface area contributed by atoms with E-state index in [1.54, 1.807) is 0 Å². The lowest BCUT2D eigenvalue weighted by Crippen LogP contribution is -2.52. The zero-order chi connectivity index (χ0) is 22.9. The number of carbonyl (C=O) groups excluding carboxylic acids is 1. The normalized spacial score (nSPS) is 21.9. The number of para-hydroxylation sites is 2. The number of carbonyl (C=O) groups is 1. The van der Waals surface area contributed by atoms with E-state index in [1.807, 2.05) is 33.7 Å². The van der Waals surface area contributed by atoms with Crippen LogP contribution >= 0.6 is 0 Å². The summed E-state index contributed by atoms with van der Waals surface area (Å²) in [4.78, 5) is 42.9. The monoisotopic (exact) mass is 449 g/mol. The number of benzene rings is 2. The third kappa shape index (κ3) is 4.16. The molecule has 33 heavy (non-hydrogen) atoms. The van der Waals surface area contributed by atoms with Gasteiger partial charge in [0.25, 0.3) is 11.6 Å². The molecule has 172 valence electrons. The van der Waals surface area contributed by atoms with E-state index in [1.165, 1.54) is 24.3 Å². The van der Waals surface area contributed by atoms with E-state index in [4.69, 9.17) is 0 Å². The third-order valence-corrected chi connectivity index (χ3v) is 7.10. The largest absolute Gasteiger partial charge is 0.336 e. The average Bonchev–Trinajstić information content (AvgIpc) is 3.19. The third-order valence-electron chi connectivity index (χ3n) is 7.10. The number of nitro benzene ring substituents is 1. The summed E-state index contributed by atoms with van der Waals surface area (Å²) in [6.07, 6.45) is 4.00. The highest BCUT2D eigenvalue weighted by molar-refractivity contribution is 5.94. The van der Waals surface area contributed by atoms with E-state index in [2.05, 4.69) is 9.88 Å². The zero-order valence-electron chi connectivity index (χ0n) is 18.4. The maximum atomic E-state index is 12.8. The Bertz CT molecular complexity index is 1220. The molecule has 9 heteroatoms. The number of aromatic nitrogens is 2. The van der Waals surface area contributed by atoms with E-state index in [9.17, 15) is 19.7 Å². The van der Waals surface area contributed by atoms with Crippen molar-refractivity contribution < 1.29 is 9.72 Å². The van der Waals surface area contributed by atoms with Gasteiger partial charge in [-0.1, -0.05) is 12.1 Å². The van der Waals surface area contributed by atoms with Gasteiger partial charge in [0.05, 0.1) is 16.0 Å². The Morgan fingerprint density at radius 1 is 0.909 bits per heavy atom. The number of nitrogens with zero attached hydrogens (tertiary/aromatic N) is 4. The average molecular weight is 450 g/mol. The molecular formula is C24H27N5O4. The van der Waals surface area contributed by atoms with Crippen LogP contribution in [-0.2, 0) is 0 Å². The van der Waals surface area contributed by atoms with Gasteiger partial charge in [0.1, 0.15) is 0 Å². The second-order valence-corrected chi connectivity index (χ2v) is 8.91. The second kappa shape index (κ2) is 8.82. The van der Waals surface area contributed by atoms with Crippen LogP contribution in [0.2, 0.25) is 0 Å². The lowest BCUT2D eigenvalue weighted by molar-refractivity contribution is -0.384. The first kappa shape index (κ1) is 21.4. The number of hydrogen-bond donors (Lipinski definition) is 1. The Hall–Kier alpha value is -3.46. The molecular weight excluding hydrogens is 422 g/mol. The van der Waals surface area contributed by atoms with Gasteiger partial charge < -0.3 is 9.88 Å². The fraction of sp³-hybridized carbons (Fsp3) is 0.417. The molecule has 0 spiro atoms. The van der Waals surface area contributed by atoms with Crippen molar-refractivity contribution in [2.75, 3.05) is 26.2 Å². The Kier molecular flexibility index (Phi) is 5.72. The maximum absolute atomic E-state index is 12.8. The van der Waals surface area contributed by atoms with Gasteiger partial charge in [0.2, 0.25) is 0 Å². The van der Waals surface area contributed by atoms with Crippen LogP contribution in [0.1, 0.15) is 42.1 Å². The van der Waals surface area contributed by atoms with Gasteiger partial charge in [0.15, 0.2) is 0 Å². The molecule has 2 aliphatic rings. The summed E-state index contributed by atoms with van der Waals surface area (Å²) in [6.45, 7) is 2.94. The van der Waals surface area contributed by atoms with Crippen LogP contribution < -0.4 is 5.69 Å². The first-order valence-electron chi connectivity index (χ1n) is 11.5. The van der Waals surface area contributed by atoms with Gasteiger partial charge >= 0.3 is 5.69 Å². The van der Waals surface area contributed by atoms with Crippen molar-refractivity contribution in [1.82, 2.24) is 19.4 Å². The predicted octanol–water partition coefficient (Wildman–Crippen LogP) is 3.18. The summed E-state index contributed by atoms with van der Waals surface area (Å²) in [5.41, 5.74) is 2.31. The summed E-state index contributed by atoms with van der Waals surface area (Å²) >= 11 is 0. The Balaban J connectivity index is 1.16. The topological polar surface area (TPSA) is 104 Å². The number of H-pyrrole nitrogens is 1. The van der Waals surface area contributed by atoms with E-state index in [0.29, 0.717) is 24.7 Å². The summed E-state index contributed by atoms with van der Waals surface area (Å²) in [6, 6.07) is 14.3. The number of amides is 1. The van der Waals surface area contributed by atoms with E-state index >= 15 is 0 Å². The lowest BCUT2D eigenvalue weighted by atomic mass is 9.89. The highest BCUT2D eigenvalue weighted by atomic mass is 16.6.